The Morgan fingerprint density at radius 3 is 2.48 bits per heavy atom. The molecule has 0 radical (unpaired) electrons. The number of carbonyl (C=O) groups excluding carboxylic acids is 1. The Bertz CT molecular complexity index is 695. The fraction of sp³-hybridized carbons (Fsp3) is 0.235. The van der Waals surface area contributed by atoms with Crippen LogP contribution in [-0.2, 0) is 0 Å². The van der Waals surface area contributed by atoms with Gasteiger partial charge < -0.3 is 10.5 Å². The molecule has 3 nitrogen and oxygen atoms in total. The van der Waals surface area contributed by atoms with Crippen molar-refractivity contribution < 1.29 is 9.53 Å². The monoisotopic (exact) mass is 347 g/mol. The first-order valence-corrected chi connectivity index (χ1v) is 7.57. The van der Waals surface area contributed by atoms with Crippen molar-refractivity contribution >= 4 is 27.4 Å². The van der Waals surface area contributed by atoms with Crippen LogP contribution in [0.4, 0.5) is 5.69 Å². The number of ketones is 1. The van der Waals surface area contributed by atoms with E-state index in [4.69, 9.17) is 10.5 Å². The summed E-state index contributed by atoms with van der Waals surface area (Å²) in [5, 5.41) is 0. The van der Waals surface area contributed by atoms with E-state index in [2.05, 4.69) is 15.9 Å². The second-order valence-electron chi connectivity index (χ2n) is 4.93. The molecule has 0 aromatic heterocycles. The predicted octanol–water partition coefficient (Wildman–Crippen LogP) is 4.28. The lowest BCUT2D eigenvalue weighted by Crippen LogP contribution is -2.07. The number of nitrogens with two attached hydrogens (primary N) is 1. The van der Waals surface area contributed by atoms with Crippen LogP contribution < -0.4 is 10.5 Å². The van der Waals surface area contributed by atoms with Crippen molar-refractivity contribution in [2.24, 2.45) is 0 Å². The van der Waals surface area contributed by atoms with Crippen LogP contribution in [0.15, 0.2) is 34.8 Å². The molecule has 0 spiro atoms. The smallest absolute Gasteiger partial charge is 0.194 e. The topological polar surface area (TPSA) is 52.3 Å². The van der Waals surface area contributed by atoms with E-state index in [1.165, 1.54) is 0 Å². The van der Waals surface area contributed by atoms with Crippen molar-refractivity contribution in [1.29, 1.82) is 0 Å². The summed E-state index contributed by atoms with van der Waals surface area (Å²) in [6, 6.07) is 9.06. The van der Waals surface area contributed by atoms with Crippen molar-refractivity contribution in [3.8, 4) is 5.75 Å². The van der Waals surface area contributed by atoms with Gasteiger partial charge in [-0.25, -0.2) is 0 Å². The Morgan fingerprint density at radius 2 is 1.86 bits per heavy atom. The maximum absolute atomic E-state index is 12.7. The number of aryl methyl sites for hydroxylation is 2. The average molecular weight is 348 g/mol. The summed E-state index contributed by atoms with van der Waals surface area (Å²) in [5.74, 6) is 0.690. The molecule has 21 heavy (non-hydrogen) atoms. The van der Waals surface area contributed by atoms with Crippen molar-refractivity contribution in [2.75, 3.05) is 12.3 Å². The SMILES string of the molecule is CCOc1ccc(C(=O)c2cc(N)c(C)cc2C)c(Br)c1. The number of ether oxygens (including phenoxy) is 1. The van der Waals surface area contributed by atoms with Crippen LogP contribution in [0, 0.1) is 13.8 Å². The molecule has 0 atom stereocenters. The fourth-order valence-corrected chi connectivity index (χ4v) is 2.73. The van der Waals surface area contributed by atoms with E-state index in [1.54, 1.807) is 18.2 Å². The van der Waals surface area contributed by atoms with Crippen LogP contribution in [0.2, 0.25) is 0 Å². The van der Waals surface area contributed by atoms with Gasteiger partial charge in [0, 0.05) is 21.3 Å². The highest BCUT2D eigenvalue weighted by atomic mass is 79.9. The third-order valence-electron chi connectivity index (χ3n) is 3.35. The minimum Gasteiger partial charge on any atom is -0.494 e. The Morgan fingerprint density at radius 1 is 1.14 bits per heavy atom. The normalized spacial score (nSPS) is 10.5. The molecule has 110 valence electrons. The molecule has 0 amide bonds. The fourth-order valence-electron chi connectivity index (χ4n) is 2.20. The molecule has 0 aliphatic carbocycles. The number of anilines is 1. The standard InChI is InChI=1S/C17H18BrNO2/c1-4-21-12-5-6-13(15(18)8-12)17(20)14-9-16(19)11(3)7-10(14)2/h5-9H,4,19H2,1-3H3. The molecule has 0 aliphatic heterocycles. The van der Waals surface area contributed by atoms with Crippen molar-refractivity contribution in [3.05, 3.63) is 57.1 Å². The molecule has 0 saturated heterocycles. The van der Waals surface area contributed by atoms with Gasteiger partial charge in [-0.15, -0.1) is 0 Å². The van der Waals surface area contributed by atoms with E-state index in [-0.39, 0.29) is 5.78 Å². The number of carbonyl (C=O) groups is 1. The Kier molecular flexibility index (Phi) is 4.68. The van der Waals surface area contributed by atoms with E-state index in [0.717, 1.165) is 21.3 Å². The van der Waals surface area contributed by atoms with Gasteiger partial charge in [-0.05, 0) is 72.1 Å². The lowest BCUT2D eigenvalue weighted by Gasteiger charge is -2.11. The number of benzene rings is 2. The third kappa shape index (κ3) is 3.27. The Labute approximate surface area is 133 Å². The minimum absolute atomic E-state index is 0.0471. The first-order valence-electron chi connectivity index (χ1n) is 6.77. The second kappa shape index (κ2) is 6.31. The predicted molar refractivity (Wildman–Crippen MR) is 89.1 cm³/mol. The molecule has 0 bridgehead atoms. The van der Waals surface area contributed by atoms with E-state index in [1.807, 2.05) is 32.9 Å². The van der Waals surface area contributed by atoms with Crippen molar-refractivity contribution in [2.45, 2.75) is 20.8 Å². The third-order valence-corrected chi connectivity index (χ3v) is 4.01. The molecule has 2 aromatic carbocycles. The van der Waals surface area contributed by atoms with Crippen LogP contribution in [-0.4, -0.2) is 12.4 Å². The molecule has 0 aliphatic rings. The first-order chi connectivity index (χ1) is 9.93. The van der Waals surface area contributed by atoms with Crippen LogP contribution in [0.1, 0.15) is 34.0 Å². The van der Waals surface area contributed by atoms with Gasteiger partial charge >= 0.3 is 0 Å². The summed E-state index contributed by atoms with van der Waals surface area (Å²) in [6.45, 7) is 6.37. The van der Waals surface area contributed by atoms with Crippen molar-refractivity contribution in [1.82, 2.24) is 0 Å². The molecular formula is C17H18BrNO2. The van der Waals surface area contributed by atoms with Gasteiger partial charge in [-0.1, -0.05) is 6.07 Å². The van der Waals surface area contributed by atoms with Gasteiger partial charge in [0.1, 0.15) is 5.75 Å². The molecule has 0 unspecified atom stereocenters. The van der Waals surface area contributed by atoms with Gasteiger partial charge in [0.05, 0.1) is 6.61 Å². The second-order valence-corrected chi connectivity index (χ2v) is 5.78. The molecule has 0 fully saturated rings. The van der Waals surface area contributed by atoms with Crippen LogP contribution in [0.5, 0.6) is 5.75 Å². The molecule has 2 rings (SSSR count). The zero-order valence-electron chi connectivity index (χ0n) is 12.4. The lowest BCUT2D eigenvalue weighted by atomic mass is 9.96. The number of hydrogen-bond acceptors (Lipinski definition) is 3. The van der Waals surface area contributed by atoms with E-state index in [9.17, 15) is 4.79 Å². The molecule has 2 N–H and O–H groups in total. The number of nitrogen functional groups attached to an aromatic ring is 1. The van der Waals surface area contributed by atoms with Gasteiger partial charge in [-0.3, -0.25) is 4.79 Å². The van der Waals surface area contributed by atoms with Crippen LogP contribution in [0.25, 0.3) is 0 Å². The van der Waals surface area contributed by atoms with Crippen LogP contribution in [0.3, 0.4) is 0 Å². The summed E-state index contributed by atoms with van der Waals surface area (Å²) in [5.41, 5.74) is 9.69. The van der Waals surface area contributed by atoms with Gasteiger partial charge in [-0.2, -0.15) is 0 Å². The van der Waals surface area contributed by atoms with Gasteiger partial charge in [0.15, 0.2) is 5.78 Å². The summed E-state index contributed by atoms with van der Waals surface area (Å²) in [4.78, 5) is 12.7. The van der Waals surface area contributed by atoms with E-state index >= 15 is 0 Å². The quantitative estimate of drug-likeness (QED) is 0.663. The summed E-state index contributed by atoms with van der Waals surface area (Å²) < 4.78 is 6.14. The molecule has 2 aromatic rings. The number of halogens is 1. The maximum atomic E-state index is 12.7. The summed E-state index contributed by atoms with van der Waals surface area (Å²) in [6.07, 6.45) is 0. The Hall–Kier alpha value is -1.81. The minimum atomic E-state index is -0.0471. The van der Waals surface area contributed by atoms with E-state index < -0.39 is 0 Å². The molecule has 0 heterocycles. The molecule has 4 heteroatoms. The summed E-state index contributed by atoms with van der Waals surface area (Å²) in [7, 11) is 0. The average Bonchev–Trinajstić information content (AvgIpc) is 2.43. The van der Waals surface area contributed by atoms with Gasteiger partial charge in [0.25, 0.3) is 0 Å². The molecule has 0 saturated carbocycles. The highest BCUT2D eigenvalue weighted by Crippen LogP contribution is 2.27. The summed E-state index contributed by atoms with van der Waals surface area (Å²) >= 11 is 3.44. The van der Waals surface area contributed by atoms with Gasteiger partial charge in [0.2, 0.25) is 0 Å². The zero-order chi connectivity index (χ0) is 15.6. The number of rotatable bonds is 4. The van der Waals surface area contributed by atoms with Crippen LogP contribution >= 0.6 is 15.9 Å². The highest BCUT2D eigenvalue weighted by Gasteiger charge is 2.16. The Balaban J connectivity index is 2.43. The highest BCUT2D eigenvalue weighted by molar-refractivity contribution is 9.10. The lowest BCUT2D eigenvalue weighted by molar-refractivity contribution is 0.103. The first kappa shape index (κ1) is 15.6. The van der Waals surface area contributed by atoms with E-state index in [0.29, 0.717) is 23.4 Å². The number of hydrogen-bond donors (Lipinski definition) is 1. The van der Waals surface area contributed by atoms with Crippen molar-refractivity contribution in [3.63, 3.8) is 0 Å². The molecular weight excluding hydrogens is 330 g/mol. The zero-order valence-corrected chi connectivity index (χ0v) is 14.0. The maximum Gasteiger partial charge on any atom is 0.194 e. The largest absolute Gasteiger partial charge is 0.494 e.